The zero-order valence-corrected chi connectivity index (χ0v) is 13.9. The summed E-state index contributed by atoms with van der Waals surface area (Å²) in [4.78, 5) is 14.2. The summed E-state index contributed by atoms with van der Waals surface area (Å²) in [6, 6.07) is 6.23. The van der Waals surface area contributed by atoms with E-state index < -0.39 is 0 Å². The molecule has 0 aliphatic carbocycles. The fourth-order valence-electron chi connectivity index (χ4n) is 2.52. The average Bonchev–Trinajstić information content (AvgIpc) is 2.54. The summed E-state index contributed by atoms with van der Waals surface area (Å²) in [5, 5.41) is 5.76. The van der Waals surface area contributed by atoms with E-state index in [9.17, 15) is 9.18 Å². The molecule has 2 rings (SSSR count). The second kappa shape index (κ2) is 8.26. The SMILES string of the molecule is CC(C)(CNC(=O)NCCN1CCOCC1)c1ccc(F)cc1. The van der Waals surface area contributed by atoms with E-state index in [1.54, 1.807) is 12.1 Å². The number of rotatable bonds is 6. The fraction of sp³-hybridized carbons (Fsp3) is 0.588. The predicted octanol–water partition coefficient (Wildman–Crippen LogP) is 1.73. The summed E-state index contributed by atoms with van der Waals surface area (Å²) < 4.78 is 18.3. The van der Waals surface area contributed by atoms with Crippen LogP contribution in [0.2, 0.25) is 0 Å². The molecular formula is C17H26FN3O2. The number of nitrogens with zero attached hydrogens (tertiary/aromatic N) is 1. The van der Waals surface area contributed by atoms with Gasteiger partial charge in [-0.25, -0.2) is 9.18 Å². The Morgan fingerprint density at radius 1 is 1.22 bits per heavy atom. The number of carbonyl (C=O) groups excluding carboxylic acids is 1. The standard InChI is InChI=1S/C17H26FN3O2/c1-17(2,14-3-5-15(18)6-4-14)13-20-16(22)19-7-8-21-9-11-23-12-10-21/h3-6H,7-13H2,1-2H3,(H2,19,20,22). The highest BCUT2D eigenvalue weighted by Crippen LogP contribution is 2.22. The molecule has 1 aromatic rings. The van der Waals surface area contributed by atoms with Crippen LogP contribution >= 0.6 is 0 Å². The van der Waals surface area contributed by atoms with Gasteiger partial charge in [-0.2, -0.15) is 0 Å². The Bertz CT molecular complexity index is 499. The maximum Gasteiger partial charge on any atom is 0.314 e. The van der Waals surface area contributed by atoms with Gasteiger partial charge in [-0.3, -0.25) is 4.90 Å². The number of hydrogen-bond acceptors (Lipinski definition) is 3. The van der Waals surface area contributed by atoms with Gasteiger partial charge in [0.15, 0.2) is 0 Å². The Morgan fingerprint density at radius 2 is 1.87 bits per heavy atom. The van der Waals surface area contributed by atoms with Crippen LogP contribution in [0.3, 0.4) is 0 Å². The molecule has 2 amide bonds. The number of halogens is 1. The molecule has 1 aromatic carbocycles. The van der Waals surface area contributed by atoms with Crippen molar-refractivity contribution in [1.29, 1.82) is 0 Å². The Balaban J connectivity index is 1.69. The third kappa shape index (κ3) is 5.80. The van der Waals surface area contributed by atoms with Gasteiger partial charge in [0.25, 0.3) is 0 Å². The average molecular weight is 323 g/mol. The lowest BCUT2D eigenvalue weighted by molar-refractivity contribution is 0.0387. The third-order valence-corrected chi connectivity index (χ3v) is 4.13. The highest BCUT2D eigenvalue weighted by Gasteiger charge is 2.21. The number of benzene rings is 1. The zero-order valence-electron chi connectivity index (χ0n) is 13.9. The number of urea groups is 1. The van der Waals surface area contributed by atoms with Gasteiger partial charge in [-0.05, 0) is 17.7 Å². The Morgan fingerprint density at radius 3 is 2.52 bits per heavy atom. The van der Waals surface area contributed by atoms with E-state index in [1.807, 2.05) is 13.8 Å². The molecule has 0 bridgehead atoms. The van der Waals surface area contributed by atoms with Crippen molar-refractivity contribution in [3.8, 4) is 0 Å². The minimum absolute atomic E-state index is 0.173. The van der Waals surface area contributed by atoms with Crippen LogP contribution in [0.25, 0.3) is 0 Å². The number of nitrogens with one attached hydrogen (secondary N) is 2. The van der Waals surface area contributed by atoms with Crippen LogP contribution in [0.15, 0.2) is 24.3 Å². The van der Waals surface area contributed by atoms with Crippen LogP contribution in [0.1, 0.15) is 19.4 Å². The third-order valence-electron chi connectivity index (χ3n) is 4.13. The molecule has 1 fully saturated rings. The molecule has 0 aromatic heterocycles. The summed E-state index contributed by atoms with van der Waals surface area (Å²) in [6.07, 6.45) is 0. The summed E-state index contributed by atoms with van der Waals surface area (Å²) in [6.45, 7) is 9.34. The molecule has 128 valence electrons. The topological polar surface area (TPSA) is 53.6 Å². The van der Waals surface area contributed by atoms with Crippen molar-refractivity contribution in [2.75, 3.05) is 45.9 Å². The van der Waals surface area contributed by atoms with Crippen molar-refractivity contribution in [1.82, 2.24) is 15.5 Å². The van der Waals surface area contributed by atoms with Crippen LogP contribution in [-0.4, -0.2) is 56.9 Å². The number of ether oxygens (including phenoxy) is 1. The van der Waals surface area contributed by atoms with Gasteiger partial charge in [0, 0.05) is 38.1 Å². The molecule has 5 nitrogen and oxygen atoms in total. The highest BCUT2D eigenvalue weighted by atomic mass is 19.1. The first kappa shape index (κ1) is 17.7. The Kier molecular flexibility index (Phi) is 6.36. The molecule has 0 unspecified atom stereocenters. The minimum atomic E-state index is -0.255. The van der Waals surface area contributed by atoms with Crippen LogP contribution in [-0.2, 0) is 10.2 Å². The maximum atomic E-state index is 13.0. The molecule has 1 heterocycles. The van der Waals surface area contributed by atoms with Crippen molar-refractivity contribution in [3.63, 3.8) is 0 Å². The monoisotopic (exact) mass is 323 g/mol. The van der Waals surface area contributed by atoms with Crippen LogP contribution in [0.4, 0.5) is 9.18 Å². The minimum Gasteiger partial charge on any atom is -0.379 e. The first-order valence-corrected chi connectivity index (χ1v) is 8.05. The maximum absolute atomic E-state index is 13.0. The molecule has 23 heavy (non-hydrogen) atoms. The number of hydrogen-bond donors (Lipinski definition) is 2. The summed E-state index contributed by atoms with van der Waals surface area (Å²) in [7, 11) is 0. The first-order chi connectivity index (χ1) is 11.0. The van der Waals surface area contributed by atoms with Gasteiger partial charge in [0.1, 0.15) is 5.82 Å². The van der Waals surface area contributed by atoms with Crippen molar-refractivity contribution < 1.29 is 13.9 Å². The van der Waals surface area contributed by atoms with Crippen LogP contribution < -0.4 is 10.6 Å². The fourth-order valence-corrected chi connectivity index (χ4v) is 2.52. The van der Waals surface area contributed by atoms with Crippen LogP contribution in [0, 0.1) is 5.82 Å². The lowest BCUT2D eigenvalue weighted by atomic mass is 9.84. The molecule has 0 spiro atoms. The predicted molar refractivity (Wildman–Crippen MR) is 88.1 cm³/mol. The second-order valence-electron chi connectivity index (χ2n) is 6.45. The number of morpholine rings is 1. The molecule has 1 aliphatic heterocycles. The first-order valence-electron chi connectivity index (χ1n) is 8.05. The van der Waals surface area contributed by atoms with Crippen molar-refractivity contribution >= 4 is 6.03 Å². The number of carbonyl (C=O) groups is 1. The normalized spacial score (nSPS) is 16.1. The largest absolute Gasteiger partial charge is 0.379 e. The molecule has 0 radical (unpaired) electrons. The molecular weight excluding hydrogens is 297 g/mol. The van der Waals surface area contributed by atoms with Crippen molar-refractivity contribution in [2.45, 2.75) is 19.3 Å². The summed E-state index contributed by atoms with van der Waals surface area (Å²) in [5.74, 6) is -0.252. The zero-order chi connectivity index (χ0) is 16.7. The van der Waals surface area contributed by atoms with E-state index in [2.05, 4.69) is 15.5 Å². The van der Waals surface area contributed by atoms with Crippen molar-refractivity contribution in [2.24, 2.45) is 0 Å². The Hall–Kier alpha value is -1.66. The van der Waals surface area contributed by atoms with Gasteiger partial charge < -0.3 is 15.4 Å². The van der Waals surface area contributed by atoms with Crippen LogP contribution in [0.5, 0.6) is 0 Å². The lowest BCUT2D eigenvalue weighted by Gasteiger charge is -2.27. The molecule has 0 atom stereocenters. The number of amides is 2. The smallest absolute Gasteiger partial charge is 0.314 e. The summed E-state index contributed by atoms with van der Waals surface area (Å²) >= 11 is 0. The quantitative estimate of drug-likeness (QED) is 0.838. The lowest BCUT2D eigenvalue weighted by Crippen LogP contribution is -2.46. The molecule has 1 aliphatic rings. The van der Waals surface area contributed by atoms with E-state index in [0.29, 0.717) is 13.1 Å². The van der Waals surface area contributed by atoms with Gasteiger partial charge in [-0.15, -0.1) is 0 Å². The van der Waals surface area contributed by atoms with E-state index in [0.717, 1.165) is 38.4 Å². The summed E-state index contributed by atoms with van der Waals surface area (Å²) in [5.41, 5.74) is 0.738. The van der Waals surface area contributed by atoms with Gasteiger partial charge in [-0.1, -0.05) is 26.0 Å². The van der Waals surface area contributed by atoms with Crippen molar-refractivity contribution in [3.05, 3.63) is 35.6 Å². The molecule has 2 N–H and O–H groups in total. The van der Waals surface area contributed by atoms with Gasteiger partial charge >= 0.3 is 6.03 Å². The molecule has 0 saturated carbocycles. The molecule has 6 heteroatoms. The van der Waals surface area contributed by atoms with Gasteiger partial charge in [0.2, 0.25) is 0 Å². The molecule has 1 saturated heterocycles. The highest BCUT2D eigenvalue weighted by molar-refractivity contribution is 5.73. The second-order valence-corrected chi connectivity index (χ2v) is 6.45. The van der Waals surface area contributed by atoms with E-state index in [1.165, 1.54) is 12.1 Å². The van der Waals surface area contributed by atoms with Gasteiger partial charge in [0.05, 0.1) is 13.2 Å². The van der Waals surface area contributed by atoms with E-state index >= 15 is 0 Å². The van der Waals surface area contributed by atoms with E-state index in [-0.39, 0.29) is 17.3 Å². The van der Waals surface area contributed by atoms with E-state index in [4.69, 9.17) is 4.74 Å². The Labute approximate surface area is 137 Å².